The number of hydrogen-bond donors (Lipinski definition) is 0. The maximum Gasteiger partial charge on any atom is 0.193 e. The van der Waals surface area contributed by atoms with Crippen LogP contribution in [0.3, 0.4) is 0 Å². The molecule has 0 radical (unpaired) electrons. The van der Waals surface area contributed by atoms with Crippen LogP contribution >= 0.6 is 0 Å². The number of benzene rings is 4. The molecule has 5 rings (SSSR count). The largest absolute Gasteiger partial charge is 0.457 e. The first kappa shape index (κ1) is 27.1. The third-order valence-corrected chi connectivity index (χ3v) is 7.54. The van der Waals surface area contributed by atoms with Crippen LogP contribution in [-0.2, 0) is 4.79 Å². The Kier molecular flexibility index (Phi) is 8.20. The minimum atomic E-state index is -0.0892. The Bertz CT molecular complexity index is 1480. The van der Waals surface area contributed by atoms with Gasteiger partial charge in [-0.3, -0.25) is 14.4 Å². The van der Waals surface area contributed by atoms with Crippen molar-refractivity contribution in [1.29, 1.82) is 0 Å². The minimum Gasteiger partial charge on any atom is -0.457 e. The van der Waals surface area contributed by atoms with Gasteiger partial charge in [0.05, 0.1) is 0 Å². The second kappa shape index (κ2) is 12.1. The van der Waals surface area contributed by atoms with Crippen LogP contribution in [0.15, 0.2) is 97.1 Å². The highest BCUT2D eigenvalue weighted by Gasteiger charge is 2.28. The predicted octanol–water partition coefficient (Wildman–Crippen LogP) is 8.39. The molecule has 0 bridgehead atoms. The lowest BCUT2D eigenvalue weighted by Gasteiger charge is -2.26. The van der Waals surface area contributed by atoms with Gasteiger partial charge < -0.3 is 9.47 Å². The van der Waals surface area contributed by atoms with Gasteiger partial charge in [0.15, 0.2) is 11.6 Å². The highest BCUT2D eigenvalue weighted by Crippen LogP contribution is 2.32. The Balaban J connectivity index is 1.16. The molecule has 4 aromatic rings. The summed E-state index contributed by atoms with van der Waals surface area (Å²) in [5.74, 6) is 2.96. The summed E-state index contributed by atoms with van der Waals surface area (Å²) < 4.78 is 11.8. The molecule has 0 saturated heterocycles. The summed E-state index contributed by atoms with van der Waals surface area (Å²) in [7, 11) is 0. The van der Waals surface area contributed by atoms with Crippen molar-refractivity contribution >= 4 is 17.3 Å². The third-order valence-electron chi connectivity index (χ3n) is 7.54. The van der Waals surface area contributed by atoms with E-state index in [2.05, 4.69) is 0 Å². The molecule has 5 nitrogen and oxygen atoms in total. The van der Waals surface area contributed by atoms with E-state index in [0.29, 0.717) is 33.9 Å². The molecule has 1 aliphatic rings. The van der Waals surface area contributed by atoms with E-state index in [-0.39, 0.29) is 29.2 Å². The Morgan fingerprint density at radius 1 is 0.525 bits per heavy atom. The summed E-state index contributed by atoms with van der Waals surface area (Å²) in [6, 6.07) is 29.0. The number of carbonyl (C=O) groups excluding carboxylic acids is 3. The van der Waals surface area contributed by atoms with Crippen LogP contribution in [0.2, 0.25) is 0 Å². The molecule has 4 aromatic carbocycles. The van der Waals surface area contributed by atoms with Crippen LogP contribution in [-0.4, -0.2) is 17.3 Å². The molecule has 0 aromatic heterocycles. The molecule has 0 N–H and O–H groups in total. The lowest BCUT2D eigenvalue weighted by atomic mass is 9.77. The van der Waals surface area contributed by atoms with Crippen LogP contribution in [0.4, 0.5) is 0 Å². The average molecular weight is 533 g/mol. The standard InChI is InChI=1S/C35H32O5/c1-23-3-15-30(16-4-23)39-31-17-11-28(12-18-31)35(38)29-13-21-33(22-14-29)40-32-19-9-27(10-20-32)34(37)26-7-5-25(6-8-26)24(2)36/h3-4,9-22,25-26H,5-8H2,1-2H3. The molecule has 202 valence electrons. The van der Waals surface area contributed by atoms with Gasteiger partial charge >= 0.3 is 0 Å². The van der Waals surface area contributed by atoms with Crippen molar-refractivity contribution in [2.75, 3.05) is 0 Å². The third kappa shape index (κ3) is 6.55. The molecule has 0 amide bonds. The van der Waals surface area contributed by atoms with Crippen LogP contribution in [0.5, 0.6) is 23.0 Å². The normalized spacial score (nSPS) is 16.6. The van der Waals surface area contributed by atoms with Crippen molar-refractivity contribution in [1.82, 2.24) is 0 Å². The van der Waals surface area contributed by atoms with E-state index in [1.54, 1.807) is 79.7 Å². The number of Topliss-reactive ketones (excluding diaryl/α,β-unsaturated/α-hetero) is 2. The van der Waals surface area contributed by atoms with Gasteiger partial charge in [-0.2, -0.15) is 0 Å². The Hall–Kier alpha value is -4.51. The maximum atomic E-state index is 13.0. The van der Waals surface area contributed by atoms with E-state index in [1.165, 1.54) is 0 Å². The molecule has 1 aliphatic carbocycles. The number of ether oxygens (including phenoxy) is 2. The van der Waals surface area contributed by atoms with E-state index in [9.17, 15) is 14.4 Å². The van der Waals surface area contributed by atoms with Crippen LogP contribution in [0.25, 0.3) is 0 Å². The van der Waals surface area contributed by atoms with Gasteiger partial charge in [0.25, 0.3) is 0 Å². The van der Waals surface area contributed by atoms with Gasteiger partial charge in [-0.1, -0.05) is 17.7 Å². The molecule has 1 saturated carbocycles. The van der Waals surface area contributed by atoms with Crippen molar-refractivity contribution < 1.29 is 23.9 Å². The monoisotopic (exact) mass is 532 g/mol. The zero-order chi connectivity index (χ0) is 28.1. The van der Waals surface area contributed by atoms with E-state index in [1.807, 2.05) is 31.2 Å². The van der Waals surface area contributed by atoms with Gasteiger partial charge in [-0.05, 0) is 124 Å². The molecule has 5 heteroatoms. The van der Waals surface area contributed by atoms with E-state index >= 15 is 0 Å². The van der Waals surface area contributed by atoms with E-state index in [0.717, 1.165) is 37.0 Å². The van der Waals surface area contributed by atoms with Gasteiger partial charge in [0.1, 0.15) is 28.8 Å². The first-order valence-corrected chi connectivity index (χ1v) is 13.7. The van der Waals surface area contributed by atoms with Gasteiger partial charge in [0.2, 0.25) is 0 Å². The van der Waals surface area contributed by atoms with Crippen molar-refractivity contribution in [3.8, 4) is 23.0 Å². The fourth-order valence-corrected chi connectivity index (χ4v) is 5.08. The smallest absolute Gasteiger partial charge is 0.193 e. The topological polar surface area (TPSA) is 69.7 Å². The molecule has 40 heavy (non-hydrogen) atoms. The molecule has 0 aliphatic heterocycles. The second-order valence-corrected chi connectivity index (χ2v) is 10.4. The molecular formula is C35H32O5. The van der Waals surface area contributed by atoms with Crippen molar-refractivity contribution in [2.24, 2.45) is 11.8 Å². The summed E-state index contributed by atoms with van der Waals surface area (Å²) in [5.41, 5.74) is 2.95. The Labute approximate surface area is 234 Å². The van der Waals surface area contributed by atoms with Crippen molar-refractivity contribution in [3.05, 3.63) is 119 Å². The molecule has 1 fully saturated rings. The van der Waals surface area contributed by atoms with E-state index < -0.39 is 0 Å². The maximum absolute atomic E-state index is 13.0. The zero-order valence-corrected chi connectivity index (χ0v) is 22.8. The van der Waals surface area contributed by atoms with Crippen molar-refractivity contribution in [2.45, 2.75) is 39.5 Å². The summed E-state index contributed by atoms with van der Waals surface area (Å²) in [6.07, 6.45) is 3.11. The highest BCUT2D eigenvalue weighted by molar-refractivity contribution is 6.09. The number of carbonyl (C=O) groups is 3. The summed E-state index contributed by atoms with van der Waals surface area (Å²) in [5, 5.41) is 0. The van der Waals surface area contributed by atoms with Crippen LogP contribution in [0.1, 0.15) is 64.4 Å². The first-order valence-electron chi connectivity index (χ1n) is 13.7. The van der Waals surface area contributed by atoms with Gasteiger partial charge in [-0.25, -0.2) is 0 Å². The lowest BCUT2D eigenvalue weighted by molar-refractivity contribution is -0.121. The van der Waals surface area contributed by atoms with Gasteiger partial charge in [-0.15, -0.1) is 0 Å². The number of rotatable bonds is 9. The SMILES string of the molecule is CC(=O)C1CCC(C(=O)c2ccc(Oc3ccc(C(=O)c4ccc(Oc5ccc(C)cc5)cc4)cc3)cc2)CC1. The molecule has 0 unspecified atom stereocenters. The number of hydrogen-bond acceptors (Lipinski definition) is 5. The fourth-order valence-electron chi connectivity index (χ4n) is 5.08. The predicted molar refractivity (Wildman–Crippen MR) is 155 cm³/mol. The minimum absolute atomic E-state index is 0.0237. The first-order chi connectivity index (χ1) is 19.4. The summed E-state index contributed by atoms with van der Waals surface area (Å²) in [6.45, 7) is 3.66. The molecular weight excluding hydrogens is 500 g/mol. The second-order valence-electron chi connectivity index (χ2n) is 10.4. The molecule has 0 atom stereocenters. The number of ketones is 3. The van der Waals surface area contributed by atoms with Crippen molar-refractivity contribution in [3.63, 3.8) is 0 Å². The zero-order valence-electron chi connectivity index (χ0n) is 22.8. The van der Waals surface area contributed by atoms with Gasteiger partial charge in [0, 0.05) is 28.5 Å². The molecule has 0 spiro atoms. The van der Waals surface area contributed by atoms with Crippen LogP contribution in [0, 0.1) is 18.8 Å². The number of aryl methyl sites for hydroxylation is 1. The Morgan fingerprint density at radius 3 is 1.27 bits per heavy atom. The highest BCUT2D eigenvalue weighted by atomic mass is 16.5. The fraction of sp³-hybridized carbons (Fsp3) is 0.229. The van der Waals surface area contributed by atoms with Crippen LogP contribution < -0.4 is 9.47 Å². The van der Waals surface area contributed by atoms with E-state index in [4.69, 9.17) is 9.47 Å². The summed E-state index contributed by atoms with van der Waals surface area (Å²) in [4.78, 5) is 37.5. The Morgan fingerprint density at radius 2 is 0.875 bits per heavy atom. The quantitative estimate of drug-likeness (QED) is 0.203. The lowest BCUT2D eigenvalue weighted by Crippen LogP contribution is -2.25. The average Bonchev–Trinajstić information content (AvgIpc) is 2.99. The molecule has 0 heterocycles. The summed E-state index contributed by atoms with van der Waals surface area (Å²) >= 11 is 0.